The smallest absolute Gasteiger partial charge is 0.253 e. The van der Waals surface area contributed by atoms with Gasteiger partial charge in [-0.3, -0.25) is 0 Å². The fourth-order valence-corrected chi connectivity index (χ4v) is 2.42. The maximum absolute atomic E-state index is 13.6. The maximum atomic E-state index is 13.6. The van der Waals surface area contributed by atoms with Gasteiger partial charge in [-0.15, -0.1) is 0 Å². The van der Waals surface area contributed by atoms with Gasteiger partial charge in [-0.1, -0.05) is 20.8 Å². The average Bonchev–Trinajstić information content (AvgIpc) is 2.76. The lowest BCUT2D eigenvalue weighted by Crippen LogP contribution is -2.27. The molecule has 1 aromatic heterocycles. The first-order valence-electron chi connectivity index (χ1n) is 6.16. The molecule has 19 heavy (non-hydrogen) atoms. The summed E-state index contributed by atoms with van der Waals surface area (Å²) in [6.07, 6.45) is 0.730. The average molecular weight is 276 g/mol. The van der Waals surface area contributed by atoms with Crippen molar-refractivity contribution in [3.63, 3.8) is 0 Å². The Morgan fingerprint density at radius 2 is 1.58 bits per heavy atom. The molecule has 2 heterocycles. The first-order chi connectivity index (χ1) is 8.71. The lowest BCUT2D eigenvalue weighted by Gasteiger charge is -2.27. The van der Waals surface area contributed by atoms with Gasteiger partial charge in [-0.2, -0.15) is 22.5 Å². The molecule has 0 radical (unpaired) electrons. The van der Waals surface area contributed by atoms with Gasteiger partial charge in [0.1, 0.15) is 5.69 Å². The summed E-state index contributed by atoms with van der Waals surface area (Å²) < 4.78 is 53.4. The summed E-state index contributed by atoms with van der Waals surface area (Å²) in [5.74, 6) is -5.84. The van der Waals surface area contributed by atoms with Crippen LogP contribution >= 0.6 is 0 Å². The second-order valence-corrected chi connectivity index (χ2v) is 5.97. The SMILES string of the molecule is CC(C)(C)C1CCN(c2c(F)c(F)nc(F)c2F)C1. The third kappa shape index (κ3) is 2.53. The molecular formula is C13H16F4N2. The number of rotatable bonds is 1. The Balaban J connectivity index is 2.35. The van der Waals surface area contributed by atoms with E-state index in [4.69, 9.17) is 0 Å². The Hall–Kier alpha value is -1.33. The lowest BCUT2D eigenvalue weighted by molar-refractivity contribution is 0.263. The molecule has 0 N–H and O–H groups in total. The van der Waals surface area contributed by atoms with Crippen molar-refractivity contribution in [3.8, 4) is 0 Å². The van der Waals surface area contributed by atoms with E-state index in [9.17, 15) is 17.6 Å². The van der Waals surface area contributed by atoms with Crippen molar-refractivity contribution in [1.82, 2.24) is 4.98 Å². The van der Waals surface area contributed by atoms with Crippen molar-refractivity contribution in [2.75, 3.05) is 18.0 Å². The van der Waals surface area contributed by atoms with Crippen LogP contribution in [0.3, 0.4) is 0 Å². The maximum Gasteiger partial charge on any atom is 0.253 e. The molecule has 1 fully saturated rings. The molecule has 1 atom stereocenters. The van der Waals surface area contributed by atoms with E-state index in [1.807, 2.05) is 20.8 Å². The van der Waals surface area contributed by atoms with Crippen LogP contribution in [0, 0.1) is 34.9 Å². The summed E-state index contributed by atoms with van der Waals surface area (Å²) in [7, 11) is 0. The van der Waals surface area contributed by atoms with Crippen LogP contribution in [-0.2, 0) is 0 Å². The summed E-state index contributed by atoms with van der Waals surface area (Å²) in [5, 5.41) is 0. The van der Waals surface area contributed by atoms with Crippen molar-refractivity contribution in [3.05, 3.63) is 23.5 Å². The van der Waals surface area contributed by atoms with Gasteiger partial charge in [0.2, 0.25) is 11.6 Å². The summed E-state index contributed by atoms with van der Waals surface area (Å²) in [6.45, 7) is 6.84. The molecule has 0 bridgehead atoms. The van der Waals surface area contributed by atoms with Crippen molar-refractivity contribution in [2.45, 2.75) is 27.2 Å². The van der Waals surface area contributed by atoms with Gasteiger partial charge in [0.05, 0.1) is 0 Å². The van der Waals surface area contributed by atoms with Gasteiger partial charge in [-0.25, -0.2) is 0 Å². The van der Waals surface area contributed by atoms with Gasteiger partial charge in [0.25, 0.3) is 11.9 Å². The van der Waals surface area contributed by atoms with Gasteiger partial charge < -0.3 is 4.90 Å². The zero-order chi connectivity index (χ0) is 14.4. The minimum atomic E-state index is -1.60. The predicted molar refractivity (Wildman–Crippen MR) is 63.8 cm³/mol. The first kappa shape index (κ1) is 14.1. The third-order valence-corrected chi connectivity index (χ3v) is 3.70. The second-order valence-electron chi connectivity index (χ2n) is 5.97. The number of anilines is 1. The van der Waals surface area contributed by atoms with E-state index in [0.717, 1.165) is 6.42 Å². The van der Waals surface area contributed by atoms with E-state index in [2.05, 4.69) is 4.98 Å². The highest BCUT2D eigenvalue weighted by Gasteiger charge is 2.35. The van der Waals surface area contributed by atoms with Crippen molar-refractivity contribution in [1.29, 1.82) is 0 Å². The normalized spacial score (nSPS) is 20.2. The van der Waals surface area contributed by atoms with Crippen LogP contribution in [0.5, 0.6) is 0 Å². The first-order valence-corrected chi connectivity index (χ1v) is 6.16. The zero-order valence-electron chi connectivity index (χ0n) is 11.1. The summed E-state index contributed by atoms with van der Waals surface area (Å²) >= 11 is 0. The summed E-state index contributed by atoms with van der Waals surface area (Å²) in [5.41, 5.74) is -0.664. The molecule has 2 rings (SSSR count). The number of hydrogen-bond donors (Lipinski definition) is 0. The van der Waals surface area contributed by atoms with Gasteiger partial charge in [0, 0.05) is 13.1 Å². The molecule has 6 heteroatoms. The molecule has 0 spiro atoms. The Morgan fingerprint density at radius 1 is 1.05 bits per heavy atom. The number of hydrogen-bond acceptors (Lipinski definition) is 2. The molecule has 0 aromatic carbocycles. The molecular weight excluding hydrogens is 260 g/mol. The Kier molecular flexibility index (Phi) is 3.45. The van der Waals surface area contributed by atoms with E-state index >= 15 is 0 Å². The molecule has 1 aliphatic heterocycles. The fourth-order valence-electron chi connectivity index (χ4n) is 2.42. The van der Waals surface area contributed by atoms with Gasteiger partial charge in [-0.05, 0) is 17.8 Å². The minimum absolute atomic E-state index is 0.0220. The highest BCUT2D eigenvalue weighted by atomic mass is 19.2. The predicted octanol–water partition coefficient (Wildman–Crippen LogP) is 3.51. The molecule has 1 aliphatic rings. The van der Waals surface area contributed by atoms with Crippen LogP contribution in [-0.4, -0.2) is 18.1 Å². The Labute approximate surface area is 109 Å². The molecule has 0 amide bonds. The van der Waals surface area contributed by atoms with Gasteiger partial charge >= 0.3 is 0 Å². The van der Waals surface area contributed by atoms with Crippen molar-refractivity contribution >= 4 is 5.69 Å². The molecule has 2 nitrogen and oxygen atoms in total. The van der Waals surface area contributed by atoms with E-state index in [0.29, 0.717) is 13.1 Å². The number of pyridine rings is 1. The van der Waals surface area contributed by atoms with Crippen molar-refractivity contribution in [2.24, 2.45) is 11.3 Å². The highest BCUT2D eigenvalue weighted by Crippen LogP contribution is 2.37. The largest absolute Gasteiger partial charge is 0.366 e. The standard InChI is InChI=1S/C13H16F4N2/c1-13(2,3)7-4-5-19(6-7)10-8(14)11(16)18-12(17)9(10)15/h7H,4-6H2,1-3H3. The minimum Gasteiger partial charge on any atom is -0.366 e. The molecule has 1 saturated heterocycles. The van der Waals surface area contributed by atoms with Crippen LogP contribution in [0.2, 0.25) is 0 Å². The van der Waals surface area contributed by atoms with E-state index in [-0.39, 0.29) is 11.3 Å². The van der Waals surface area contributed by atoms with Gasteiger partial charge in [0.15, 0.2) is 0 Å². The second kappa shape index (κ2) is 4.65. The molecule has 0 aliphatic carbocycles. The van der Waals surface area contributed by atoms with Crippen LogP contribution in [0.4, 0.5) is 23.2 Å². The summed E-state index contributed by atoms with van der Waals surface area (Å²) in [4.78, 5) is 3.92. The molecule has 1 unspecified atom stereocenters. The Morgan fingerprint density at radius 3 is 2.00 bits per heavy atom. The zero-order valence-corrected chi connectivity index (χ0v) is 11.1. The number of nitrogens with zero attached hydrogens (tertiary/aromatic N) is 2. The Bertz CT molecular complexity index is 470. The van der Waals surface area contributed by atoms with Crippen molar-refractivity contribution < 1.29 is 17.6 Å². The highest BCUT2D eigenvalue weighted by molar-refractivity contribution is 5.49. The molecule has 0 saturated carbocycles. The van der Waals surface area contributed by atoms with Crippen LogP contribution in [0.15, 0.2) is 0 Å². The summed E-state index contributed by atoms with van der Waals surface area (Å²) in [6, 6.07) is 0. The van der Waals surface area contributed by atoms with Crippen LogP contribution in [0.25, 0.3) is 0 Å². The van der Waals surface area contributed by atoms with Crippen LogP contribution < -0.4 is 4.90 Å². The van der Waals surface area contributed by atoms with Crippen LogP contribution in [0.1, 0.15) is 27.2 Å². The quantitative estimate of drug-likeness (QED) is 0.576. The van der Waals surface area contributed by atoms with E-state index in [1.165, 1.54) is 4.90 Å². The third-order valence-electron chi connectivity index (χ3n) is 3.70. The lowest BCUT2D eigenvalue weighted by atomic mass is 9.80. The topological polar surface area (TPSA) is 16.1 Å². The molecule has 106 valence electrons. The fraction of sp³-hybridized carbons (Fsp3) is 0.615. The monoisotopic (exact) mass is 276 g/mol. The number of halogens is 4. The number of aromatic nitrogens is 1. The van der Waals surface area contributed by atoms with E-state index < -0.39 is 29.2 Å². The van der Waals surface area contributed by atoms with E-state index in [1.54, 1.807) is 0 Å². The molecule has 1 aromatic rings.